The van der Waals surface area contributed by atoms with Crippen LogP contribution in [0.15, 0.2) is 77.6 Å². The fourth-order valence-corrected chi connectivity index (χ4v) is 5.08. The van der Waals surface area contributed by atoms with Gasteiger partial charge in [-0.1, -0.05) is 48.5 Å². The van der Waals surface area contributed by atoms with Crippen molar-refractivity contribution in [3.05, 3.63) is 89.0 Å². The van der Waals surface area contributed by atoms with Crippen molar-refractivity contribution in [1.82, 2.24) is 19.4 Å². The monoisotopic (exact) mass is 479 g/mol. The molecule has 1 aliphatic rings. The zero-order valence-electron chi connectivity index (χ0n) is 20.4. The number of nitrogens with zero attached hydrogens (tertiary/aromatic N) is 5. The second kappa shape index (κ2) is 9.68. The predicted molar refractivity (Wildman–Crippen MR) is 145 cm³/mol. The number of rotatable bonds is 6. The molecule has 0 unspecified atom stereocenters. The minimum Gasteiger partial charge on any atom is -0.379 e. The van der Waals surface area contributed by atoms with Crippen LogP contribution in [0.25, 0.3) is 32.6 Å². The van der Waals surface area contributed by atoms with Crippen LogP contribution >= 0.6 is 0 Å². The van der Waals surface area contributed by atoms with E-state index < -0.39 is 0 Å². The molecule has 6 rings (SSSR count). The summed E-state index contributed by atoms with van der Waals surface area (Å²) in [7, 11) is 2.08. The van der Waals surface area contributed by atoms with Crippen LogP contribution in [0.4, 0.5) is 5.82 Å². The summed E-state index contributed by atoms with van der Waals surface area (Å²) >= 11 is 0. The van der Waals surface area contributed by atoms with Crippen molar-refractivity contribution in [2.24, 2.45) is 0 Å². The van der Waals surface area contributed by atoms with Crippen LogP contribution in [0.5, 0.6) is 0 Å². The minimum absolute atomic E-state index is 0.0247. The van der Waals surface area contributed by atoms with Crippen molar-refractivity contribution >= 4 is 38.4 Å². The Morgan fingerprint density at radius 3 is 2.31 bits per heavy atom. The molecule has 0 bridgehead atoms. The maximum atomic E-state index is 13.6. The van der Waals surface area contributed by atoms with Crippen LogP contribution in [-0.4, -0.2) is 65.9 Å². The average Bonchev–Trinajstić information content (AvgIpc) is 2.94. The number of fused-ring (bicyclic) bond motifs is 4. The Hall–Kier alpha value is -3.81. The molecular weight excluding hydrogens is 450 g/mol. The summed E-state index contributed by atoms with van der Waals surface area (Å²) < 4.78 is 7.29. The van der Waals surface area contributed by atoms with Crippen LogP contribution < -0.4 is 10.5 Å². The Morgan fingerprint density at radius 1 is 0.833 bits per heavy atom. The summed E-state index contributed by atoms with van der Waals surface area (Å²) in [4.78, 5) is 28.1. The highest BCUT2D eigenvalue weighted by Crippen LogP contribution is 2.25. The first-order valence-corrected chi connectivity index (χ1v) is 12.5. The van der Waals surface area contributed by atoms with Crippen LogP contribution in [0, 0.1) is 0 Å². The highest BCUT2D eigenvalue weighted by molar-refractivity contribution is 6.05. The molecule has 36 heavy (non-hydrogen) atoms. The molecule has 0 amide bonds. The van der Waals surface area contributed by atoms with Crippen molar-refractivity contribution in [1.29, 1.82) is 0 Å². The molecule has 0 saturated carbocycles. The van der Waals surface area contributed by atoms with Crippen LogP contribution in [-0.2, 0) is 11.3 Å². The predicted octanol–water partition coefficient (Wildman–Crippen LogP) is 3.91. The Bertz CT molecular complexity index is 1610. The molecule has 7 heteroatoms. The zero-order chi connectivity index (χ0) is 24.5. The van der Waals surface area contributed by atoms with Crippen LogP contribution in [0.2, 0.25) is 0 Å². The van der Waals surface area contributed by atoms with Gasteiger partial charge in [0.05, 0.1) is 30.8 Å². The van der Waals surface area contributed by atoms with Crippen molar-refractivity contribution in [2.75, 3.05) is 51.3 Å². The first-order valence-electron chi connectivity index (χ1n) is 12.5. The molecule has 0 atom stereocenters. The second-order valence-corrected chi connectivity index (χ2v) is 9.31. The fourth-order valence-electron chi connectivity index (χ4n) is 5.08. The molecule has 3 aromatic carbocycles. The lowest BCUT2D eigenvalue weighted by Crippen LogP contribution is -2.41. The molecule has 1 aliphatic heterocycles. The van der Waals surface area contributed by atoms with E-state index in [0.29, 0.717) is 17.8 Å². The normalized spacial score (nSPS) is 14.6. The van der Waals surface area contributed by atoms with E-state index in [-0.39, 0.29) is 5.56 Å². The number of anilines is 1. The molecule has 0 radical (unpaired) electrons. The summed E-state index contributed by atoms with van der Waals surface area (Å²) in [6.45, 7) is 5.60. The smallest absolute Gasteiger partial charge is 0.259 e. The van der Waals surface area contributed by atoms with E-state index in [0.717, 1.165) is 72.4 Å². The molecule has 0 N–H and O–H groups in total. The van der Waals surface area contributed by atoms with Gasteiger partial charge in [-0.15, -0.1) is 0 Å². The molecule has 1 fully saturated rings. The zero-order valence-corrected chi connectivity index (χ0v) is 20.4. The molecule has 0 aliphatic carbocycles. The number of morpholine rings is 1. The largest absolute Gasteiger partial charge is 0.379 e. The summed E-state index contributed by atoms with van der Waals surface area (Å²) in [5, 5.41) is 3.75. The van der Waals surface area contributed by atoms with Gasteiger partial charge in [0.15, 0.2) is 5.82 Å². The van der Waals surface area contributed by atoms with Gasteiger partial charge in [-0.05, 0) is 29.7 Å². The van der Waals surface area contributed by atoms with E-state index >= 15 is 0 Å². The molecular formula is C29H29N5O2. The SMILES string of the molecule is CN(CCN1CCOCC1)c1nc(Cn2c(=O)c3ccccc3c3ccccc32)nc2ccccc12. The van der Waals surface area contributed by atoms with E-state index in [2.05, 4.69) is 29.0 Å². The average molecular weight is 480 g/mol. The van der Waals surface area contributed by atoms with Crippen LogP contribution in [0.1, 0.15) is 5.82 Å². The standard InChI is InChI=1S/C29H29N5O2/c1-32(14-15-33-16-18-36-19-17-33)28-24-11-4-6-12-25(24)30-27(31-28)20-34-26-13-7-5-9-22(26)21-8-2-3-10-23(21)29(34)35/h2-13H,14-20H2,1H3. The Morgan fingerprint density at radius 2 is 1.50 bits per heavy atom. The number of pyridine rings is 1. The van der Waals surface area contributed by atoms with Gasteiger partial charge < -0.3 is 14.2 Å². The second-order valence-electron chi connectivity index (χ2n) is 9.31. The molecule has 5 aromatic rings. The third-order valence-corrected chi connectivity index (χ3v) is 7.03. The molecule has 1 saturated heterocycles. The Kier molecular flexibility index (Phi) is 6.09. The third-order valence-electron chi connectivity index (χ3n) is 7.03. The number of benzene rings is 3. The molecule has 0 spiro atoms. The van der Waals surface area contributed by atoms with E-state index in [1.165, 1.54) is 0 Å². The van der Waals surface area contributed by atoms with E-state index in [9.17, 15) is 4.79 Å². The van der Waals surface area contributed by atoms with Gasteiger partial charge in [0.2, 0.25) is 0 Å². The van der Waals surface area contributed by atoms with Crippen molar-refractivity contribution in [3.8, 4) is 0 Å². The van der Waals surface area contributed by atoms with Gasteiger partial charge in [0, 0.05) is 49.4 Å². The molecule has 182 valence electrons. The summed E-state index contributed by atoms with van der Waals surface area (Å²) in [5.74, 6) is 1.52. The Labute approximate surface area is 209 Å². The first-order chi connectivity index (χ1) is 17.7. The third kappa shape index (κ3) is 4.21. The fraction of sp³-hybridized carbons (Fsp3) is 0.276. The topological polar surface area (TPSA) is 63.5 Å². The highest BCUT2D eigenvalue weighted by atomic mass is 16.5. The molecule has 7 nitrogen and oxygen atoms in total. The van der Waals surface area contributed by atoms with E-state index in [1.807, 2.05) is 60.7 Å². The maximum absolute atomic E-state index is 13.6. The van der Waals surface area contributed by atoms with E-state index in [1.54, 1.807) is 4.57 Å². The van der Waals surface area contributed by atoms with Crippen molar-refractivity contribution in [2.45, 2.75) is 6.54 Å². The maximum Gasteiger partial charge on any atom is 0.259 e. The lowest BCUT2D eigenvalue weighted by Gasteiger charge is -2.29. The molecule has 2 aromatic heterocycles. The van der Waals surface area contributed by atoms with E-state index in [4.69, 9.17) is 14.7 Å². The minimum atomic E-state index is -0.0247. The quantitative estimate of drug-likeness (QED) is 0.344. The highest BCUT2D eigenvalue weighted by Gasteiger charge is 2.17. The van der Waals surface area contributed by atoms with Gasteiger partial charge in [-0.25, -0.2) is 9.97 Å². The van der Waals surface area contributed by atoms with Gasteiger partial charge in [-0.3, -0.25) is 9.69 Å². The number of hydrogen-bond donors (Lipinski definition) is 0. The lowest BCUT2D eigenvalue weighted by molar-refractivity contribution is 0.0393. The summed E-state index contributed by atoms with van der Waals surface area (Å²) in [6.07, 6.45) is 0. The van der Waals surface area contributed by atoms with Crippen molar-refractivity contribution in [3.63, 3.8) is 0 Å². The van der Waals surface area contributed by atoms with Gasteiger partial charge in [0.1, 0.15) is 5.82 Å². The molecule has 3 heterocycles. The van der Waals surface area contributed by atoms with Gasteiger partial charge in [-0.2, -0.15) is 0 Å². The lowest BCUT2D eigenvalue weighted by atomic mass is 10.1. The summed E-state index contributed by atoms with van der Waals surface area (Å²) in [6, 6.07) is 23.9. The van der Waals surface area contributed by atoms with Gasteiger partial charge in [0.25, 0.3) is 5.56 Å². The number of aromatic nitrogens is 3. The van der Waals surface area contributed by atoms with Crippen LogP contribution in [0.3, 0.4) is 0 Å². The van der Waals surface area contributed by atoms with Gasteiger partial charge >= 0.3 is 0 Å². The Balaban J connectivity index is 1.41. The first kappa shape index (κ1) is 22.6. The summed E-state index contributed by atoms with van der Waals surface area (Å²) in [5.41, 5.74) is 1.75. The van der Waals surface area contributed by atoms with Crippen molar-refractivity contribution < 1.29 is 4.74 Å². The number of para-hydroxylation sites is 2. The number of likely N-dealkylation sites (N-methyl/N-ethyl adjacent to an activating group) is 1. The number of ether oxygens (including phenoxy) is 1. The number of hydrogen-bond acceptors (Lipinski definition) is 6.